The van der Waals surface area contributed by atoms with Crippen LogP contribution in [0.3, 0.4) is 0 Å². The summed E-state index contributed by atoms with van der Waals surface area (Å²) in [5, 5.41) is 4.42. The molecule has 0 fully saturated rings. The summed E-state index contributed by atoms with van der Waals surface area (Å²) in [6.07, 6.45) is 2.62. The van der Waals surface area contributed by atoms with Gasteiger partial charge in [0, 0.05) is 23.0 Å². The van der Waals surface area contributed by atoms with Crippen LogP contribution in [0.25, 0.3) is 0 Å². The van der Waals surface area contributed by atoms with Crippen molar-refractivity contribution in [2.45, 2.75) is 52.5 Å². The molecule has 1 N–H and O–H groups in total. The zero-order valence-electron chi connectivity index (χ0n) is 15.7. The maximum atomic E-state index is 12.3. The van der Waals surface area contributed by atoms with Crippen molar-refractivity contribution in [1.82, 2.24) is 5.32 Å². The van der Waals surface area contributed by atoms with E-state index in [1.54, 1.807) is 12.1 Å². The maximum absolute atomic E-state index is 12.3. The zero-order valence-corrected chi connectivity index (χ0v) is 17.3. The van der Waals surface area contributed by atoms with Crippen LogP contribution >= 0.6 is 23.2 Å². The molecule has 0 amide bonds. The highest BCUT2D eigenvalue weighted by Gasteiger charge is 2.13. The van der Waals surface area contributed by atoms with Crippen molar-refractivity contribution in [2.24, 2.45) is 0 Å². The molecule has 2 aromatic carbocycles. The number of carbonyl (C=O) groups excluding carboxylic acids is 1. The first-order chi connectivity index (χ1) is 12.4. The van der Waals surface area contributed by atoms with Gasteiger partial charge in [-0.1, -0.05) is 68.2 Å². The molecule has 4 heteroatoms. The van der Waals surface area contributed by atoms with E-state index in [-0.39, 0.29) is 11.7 Å². The number of rotatable bonds is 9. The van der Waals surface area contributed by atoms with Crippen LogP contribution in [0.4, 0.5) is 0 Å². The molecule has 2 aromatic rings. The smallest absolute Gasteiger partial charge is 0.147 e. The highest BCUT2D eigenvalue weighted by atomic mass is 35.5. The number of halogens is 2. The van der Waals surface area contributed by atoms with Gasteiger partial charge in [-0.15, -0.1) is 0 Å². The fraction of sp³-hybridized carbons (Fsp3) is 0.409. The van der Waals surface area contributed by atoms with Gasteiger partial charge >= 0.3 is 0 Å². The Kier molecular flexibility index (Phi) is 8.15. The van der Waals surface area contributed by atoms with E-state index < -0.39 is 0 Å². The summed E-state index contributed by atoms with van der Waals surface area (Å²) < 4.78 is 0. The molecule has 0 aromatic heterocycles. The third-order valence-electron chi connectivity index (χ3n) is 4.75. The Hall–Kier alpha value is -1.35. The van der Waals surface area contributed by atoms with Gasteiger partial charge in [0.2, 0.25) is 0 Å². The normalized spacial score (nSPS) is 12.2. The van der Waals surface area contributed by atoms with Crippen LogP contribution in [0.1, 0.15) is 55.4 Å². The minimum atomic E-state index is 0.209. The fourth-order valence-electron chi connectivity index (χ4n) is 3.16. The Bertz CT molecular complexity index is 758. The summed E-state index contributed by atoms with van der Waals surface area (Å²) in [5.74, 6) is 0.430. The Labute approximate surface area is 166 Å². The molecule has 0 unspecified atom stereocenters. The number of hydrogen-bond acceptors (Lipinski definition) is 2. The first-order valence-electron chi connectivity index (χ1n) is 9.22. The number of aryl methyl sites for hydroxylation is 2. The molecular formula is C22H27Cl2NO. The van der Waals surface area contributed by atoms with E-state index in [4.69, 9.17) is 23.2 Å². The van der Waals surface area contributed by atoms with Crippen LogP contribution in [0.15, 0.2) is 36.4 Å². The molecule has 140 valence electrons. The van der Waals surface area contributed by atoms with Gasteiger partial charge in [0.15, 0.2) is 0 Å². The minimum Gasteiger partial charge on any atom is -0.306 e. The third-order valence-corrected chi connectivity index (χ3v) is 5.33. The number of ketones is 1. The van der Waals surface area contributed by atoms with Crippen LogP contribution < -0.4 is 5.32 Å². The molecule has 2 rings (SSSR count). The summed E-state index contributed by atoms with van der Waals surface area (Å²) in [5.41, 5.74) is 4.98. The number of Topliss-reactive ketones (excluding diaryl/α,β-unsaturated/α-hetero) is 1. The second-order valence-electron chi connectivity index (χ2n) is 6.72. The van der Waals surface area contributed by atoms with Gasteiger partial charge in [-0.05, 0) is 53.1 Å². The van der Waals surface area contributed by atoms with E-state index in [2.05, 4.69) is 44.3 Å². The van der Waals surface area contributed by atoms with Crippen molar-refractivity contribution in [3.63, 3.8) is 0 Å². The molecule has 0 saturated heterocycles. The molecule has 1 atom stereocenters. The molecule has 0 aliphatic carbocycles. The van der Waals surface area contributed by atoms with Gasteiger partial charge in [0.1, 0.15) is 5.78 Å². The lowest BCUT2D eigenvalue weighted by Gasteiger charge is -2.15. The lowest BCUT2D eigenvalue weighted by Crippen LogP contribution is -2.23. The molecule has 0 saturated carbocycles. The molecule has 2 nitrogen and oxygen atoms in total. The van der Waals surface area contributed by atoms with Gasteiger partial charge in [-0.25, -0.2) is 0 Å². The van der Waals surface area contributed by atoms with Crippen molar-refractivity contribution in [3.05, 3.63) is 68.7 Å². The van der Waals surface area contributed by atoms with E-state index in [1.807, 2.05) is 6.07 Å². The number of carbonyl (C=O) groups is 1. The molecule has 0 aliphatic rings. The third kappa shape index (κ3) is 5.84. The number of hydrogen-bond donors (Lipinski definition) is 1. The molecule has 0 bridgehead atoms. The first-order valence-corrected chi connectivity index (χ1v) is 9.98. The number of nitrogens with one attached hydrogen (secondary N) is 1. The van der Waals surface area contributed by atoms with Crippen molar-refractivity contribution in [3.8, 4) is 0 Å². The summed E-state index contributed by atoms with van der Waals surface area (Å²) >= 11 is 12.1. The van der Waals surface area contributed by atoms with Gasteiger partial charge < -0.3 is 5.32 Å². The highest BCUT2D eigenvalue weighted by molar-refractivity contribution is 6.35. The topological polar surface area (TPSA) is 29.1 Å². The standard InChI is InChI=1S/C22H27Cl2NO/c1-4-16-6-7-18(11-17(16)5-2)15(3)10-21(26)14-25-13-19-8-9-20(23)12-22(19)24/h6-9,11-12,15,25H,4-5,10,13-14H2,1-3H3/t15-/m0/s1. The molecule has 0 spiro atoms. The second-order valence-corrected chi connectivity index (χ2v) is 7.56. The summed E-state index contributed by atoms with van der Waals surface area (Å²) in [6.45, 7) is 7.38. The predicted molar refractivity (Wildman–Crippen MR) is 111 cm³/mol. The number of benzene rings is 2. The van der Waals surface area contributed by atoms with Gasteiger partial charge in [-0.2, -0.15) is 0 Å². The van der Waals surface area contributed by atoms with E-state index in [0.29, 0.717) is 29.6 Å². The summed E-state index contributed by atoms with van der Waals surface area (Å²) in [7, 11) is 0. The van der Waals surface area contributed by atoms with Crippen LogP contribution in [-0.2, 0) is 24.2 Å². The van der Waals surface area contributed by atoms with E-state index in [0.717, 1.165) is 18.4 Å². The molecule has 0 radical (unpaired) electrons. The molecule has 26 heavy (non-hydrogen) atoms. The Morgan fingerprint density at radius 3 is 2.35 bits per heavy atom. The van der Waals surface area contributed by atoms with Crippen molar-refractivity contribution < 1.29 is 4.79 Å². The van der Waals surface area contributed by atoms with Gasteiger partial charge in [0.05, 0.1) is 6.54 Å². The van der Waals surface area contributed by atoms with Crippen molar-refractivity contribution in [2.75, 3.05) is 6.54 Å². The quantitative estimate of drug-likeness (QED) is 0.570. The lowest BCUT2D eigenvalue weighted by molar-refractivity contribution is -0.118. The minimum absolute atomic E-state index is 0.209. The van der Waals surface area contributed by atoms with Gasteiger partial charge in [0.25, 0.3) is 0 Å². The Balaban J connectivity index is 1.87. The SMILES string of the molecule is CCc1ccc([C@@H](C)CC(=O)CNCc2ccc(Cl)cc2Cl)cc1CC. The molecule has 0 aliphatic heterocycles. The van der Waals surface area contributed by atoms with Crippen molar-refractivity contribution >= 4 is 29.0 Å². The van der Waals surface area contributed by atoms with E-state index >= 15 is 0 Å². The Morgan fingerprint density at radius 2 is 1.69 bits per heavy atom. The predicted octanol–water partition coefficient (Wildman–Crippen LogP) is 5.97. The van der Waals surface area contributed by atoms with Crippen LogP contribution in [-0.4, -0.2) is 12.3 Å². The average molecular weight is 392 g/mol. The molecule has 0 heterocycles. The second kappa shape index (κ2) is 10.1. The maximum Gasteiger partial charge on any atom is 0.147 e. The summed E-state index contributed by atoms with van der Waals surface area (Å²) in [4.78, 5) is 12.3. The zero-order chi connectivity index (χ0) is 19.1. The lowest BCUT2D eigenvalue weighted by atomic mass is 9.91. The van der Waals surface area contributed by atoms with Gasteiger partial charge in [-0.3, -0.25) is 4.79 Å². The first kappa shape index (κ1) is 21.0. The monoisotopic (exact) mass is 391 g/mol. The molecular weight excluding hydrogens is 365 g/mol. The largest absolute Gasteiger partial charge is 0.306 e. The fourth-order valence-corrected chi connectivity index (χ4v) is 3.63. The van der Waals surface area contributed by atoms with Crippen LogP contribution in [0, 0.1) is 0 Å². The van der Waals surface area contributed by atoms with Crippen molar-refractivity contribution in [1.29, 1.82) is 0 Å². The van der Waals surface area contributed by atoms with E-state index in [9.17, 15) is 4.79 Å². The average Bonchev–Trinajstić information content (AvgIpc) is 2.62. The van der Waals surface area contributed by atoms with Crippen LogP contribution in [0.5, 0.6) is 0 Å². The summed E-state index contributed by atoms with van der Waals surface area (Å²) in [6, 6.07) is 12.0. The van der Waals surface area contributed by atoms with Crippen LogP contribution in [0.2, 0.25) is 10.0 Å². The Morgan fingerprint density at radius 1 is 1.00 bits per heavy atom. The van der Waals surface area contributed by atoms with E-state index in [1.165, 1.54) is 16.7 Å². The highest BCUT2D eigenvalue weighted by Crippen LogP contribution is 2.23.